The Balaban J connectivity index is 1.77. The summed E-state index contributed by atoms with van der Waals surface area (Å²) >= 11 is 0. The lowest BCUT2D eigenvalue weighted by Gasteiger charge is -2.06. The van der Waals surface area contributed by atoms with Gasteiger partial charge in [0.05, 0.1) is 13.5 Å². The van der Waals surface area contributed by atoms with Crippen molar-refractivity contribution in [2.45, 2.75) is 13.3 Å². The summed E-state index contributed by atoms with van der Waals surface area (Å²) in [4.78, 5) is 15.5. The van der Waals surface area contributed by atoms with E-state index in [9.17, 15) is 4.79 Å². The number of rotatable bonds is 4. The summed E-state index contributed by atoms with van der Waals surface area (Å²) in [5.41, 5.74) is 4.00. The van der Waals surface area contributed by atoms with Crippen molar-refractivity contribution in [3.8, 4) is 5.75 Å². The maximum atomic E-state index is 12.2. The zero-order valence-electron chi connectivity index (χ0n) is 12.6. The molecule has 2 aromatic carbocycles. The van der Waals surface area contributed by atoms with E-state index in [1.807, 2.05) is 36.5 Å². The van der Waals surface area contributed by atoms with Gasteiger partial charge in [-0.3, -0.25) is 4.79 Å². The average Bonchev–Trinajstić information content (AvgIpc) is 2.92. The topological polar surface area (TPSA) is 54.1 Å². The molecule has 0 unspecified atom stereocenters. The summed E-state index contributed by atoms with van der Waals surface area (Å²) in [5, 5.41) is 4.00. The molecule has 4 nitrogen and oxygen atoms in total. The van der Waals surface area contributed by atoms with E-state index in [1.54, 1.807) is 13.2 Å². The van der Waals surface area contributed by atoms with Gasteiger partial charge in [-0.2, -0.15) is 0 Å². The second-order valence-corrected chi connectivity index (χ2v) is 5.27. The quantitative estimate of drug-likeness (QED) is 0.771. The molecular weight excluding hydrogens is 276 g/mol. The summed E-state index contributed by atoms with van der Waals surface area (Å²) in [6.07, 6.45) is 2.24. The Morgan fingerprint density at radius 3 is 2.86 bits per heavy atom. The Morgan fingerprint density at radius 1 is 1.23 bits per heavy atom. The highest BCUT2D eigenvalue weighted by molar-refractivity contribution is 5.96. The lowest BCUT2D eigenvalue weighted by molar-refractivity contribution is -0.115. The van der Waals surface area contributed by atoms with Gasteiger partial charge in [-0.15, -0.1) is 0 Å². The first-order valence-corrected chi connectivity index (χ1v) is 7.17. The Labute approximate surface area is 129 Å². The lowest BCUT2D eigenvalue weighted by Crippen LogP contribution is -2.14. The normalized spacial score (nSPS) is 10.6. The number of aromatic nitrogens is 1. The van der Waals surface area contributed by atoms with E-state index in [1.165, 1.54) is 5.56 Å². The molecule has 112 valence electrons. The number of fused-ring (bicyclic) bond motifs is 1. The number of anilines is 1. The van der Waals surface area contributed by atoms with E-state index in [-0.39, 0.29) is 5.91 Å². The molecule has 0 bridgehead atoms. The Hall–Kier alpha value is -2.75. The van der Waals surface area contributed by atoms with Crippen molar-refractivity contribution in [3.05, 3.63) is 59.8 Å². The van der Waals surface area contributed by atoms with Crippen LogP contribution in [0.4, 0.5) is 5.69 Å². The predicted molar refractivity (Wildman–Crippen MR) is 88.4 cm³/mol. The Kier molecular flexibility index (Phi) is 3.83. The van der Waals surface area contributed by atoms with Crippen molar-refractivity contribution in [2.75, 3.05) is 12.4 Å². The molecule has 22 heavy (non-hydrogen) atoms. The molecule has 0 fully saturated rings. The number of hydrogen-bond donors (Lipinski definition) is 2. The van der Waals surface area contributed by atoms with E-state index in [0.717, 1.165) is 27.9 Å². The smallest absolute Gasteiger partial charge is 0.228 e. The fraction of sp³-hybridized carbons (Fsp3) is 0.167. The monoisotopic (exact) mass is 294 g/mol. The van der Waals surface area contributed by atoms with Crippen LogP contribution in [0.3, 0.4) is 0 Å². The molecule has 3 rings (SSSR count). The van der Waals surface area contributed by atoms with Crippen LogP contribution in [0.1, 0.15) is 11.1 Å². The number of para-hydroxylation sites is 1. The van der Waals surface area contributed by atoms with Gasteiger partial charge in [0, 0.05) is 28.9 Å². The van der Waals surface area contributed by atoms with Crippen molar-refractivity contribution >= 4 is 22.5 Å². The van der Waals surface area contributed by atoms with Crippen LogP contribution in [-0.4, -0.2) is 18.0 Å². The van der Waals surface area contributed by atoms with Gasteiger partial charge in [0.1, 0.15) is 5.75 Å². The van der Waals surface area contributed by atoms with Crippen molar-refractivity contribution in [2.24, 2.45) is 0 Å². The third kappa shape index (κ3) is 2.81. The van der Waals surface area contributed by atoms with Gasteiger partial charge >= 0.3 is 0 Å². The summed E-state index contributed by atoms with van der Waals surface area (Å²) in [7, 11) is 1.61. The molecule has 0 aliphatic carbocycles. The maximum Gasteiger partial charge on any atom is 0.228 e. The highest BCUT2D eigenvalue weighted by Gasteiger charge is 2.10. The van der Waals surface area contributed by atoms with E-state index < -0.39 is 0 Å². The molecule has 0 radical (unpaired) electrons. The first-order chi connectivity index (χ1) is 10.7. The molecular formula is C18H18N2O2. The van der Waals surface area contributed by atoms with Crippen LogP contribution in [0, 0.1) is 6.92 Å². The van der Waals surface area contributed by atoms with Gasteiger partial charge in [0.2, 0.25) is 5.91 Å². The van der Waals surface area contributed by atoms with Crippen molar-refractivity contribution in [3.63, 3.8) is 0 Å². The van der Waals surface area contributed by atoms with Crippen molar-refractivity contribution in [1.29, 1.82) is 0 Å². The van der Waals surface area contributed by atoms with Gasteiger partial charge < -0.3 is 15.0 Å². The molecule has 4 heteroatoms. The molecule has 0 aliphatic rings. The Bertz CT molecular complexity index is 821. The largest absolute Gasteiger partial charge is 0.497 e. The fourth-order valence-electron chi connectivity index (χ4n) is 2.59. The van der Waals surface area contributed by atoms with E-state index in [2.05, 4.69) is 23.3 Å². The number of aromatic amines is 1. The highest BCUT2D eigenvalue weighted by atomic mass is 16.5. The molecule has 0 saturated heterocycles. The zero-order valence-corrected chi connectivity index (χ0v) is 12.6. The minimum absolute atomic E-state index is 0.0457. The second-order valence-electron chi connectivity index (χ2n) is 5.27. The molecule has 0 atom stereocenters. The van der Waals surface area contributed by atoms with Gasteiger partial charge in [0.15, 0.2) is 0 Å². The molecule has 0 aliphatic heterocycles. The number of methoxy groups -OCH3 is 1. The lowest BCUT2D eigenvalue weighted by atomic mass is 10.1. The number of nitrogens with one attached hydrogen (secondary N) is 2. The van der Waals surface area contributed by atoms with Gasteiger partial charge in [-0.05, 0) is 30.2 Å². The number of amides is 1. The van der Waals surface area contributed by atoms with Crippen molar-refractivity contribution < 1.29 is 9.53 Å². The summed E-state index contributed by atoms with van der Waals surface area (Å²) in [6.45, 7) is 2.05. The number of carbonyl (C=O) groups excluding carboxylic acids is 1. The van der Waals surface area contributed by atoms with Crippen LogP contribution in [0.25, 0.3) is 10.9 Å². The third-order valence-corrected chi connectivity index (χ3v) is 3.71. The first-order valence-electron chi connectivity index (χ1n) is 7.17. The number of benzene rings is 2. The van der Waals surface area contributed by atoms with Gasteiger partial charge in [-0.25, -0.2) is 0 Å². The Morgan fingerprint density at radius 2 is 2.05 bits per heavy atom. The predicted octanol–water partition coefficient (Wildman–Crippen LogP) is 3.67. The molecule has 1 amide bonds. The van der Waals surface area contributed by atoms with Crippen LogP contribution >= 0.6 is 0 Å². The average molecular weight is 294 g/mol. The number of ether oxygens (including phenoxy) is 1. The number of H-pyrrole nitrogens is 1. The maximum absolute atomic E-state index is 12.2. The summed E-state index contributed by atoms with van der Waals surface area (Å²) < 4.78 is 5.16. The zero-order chi connectivity index (χ0) is 15.5. The van der Waals surface area contributed by atoms with E-state index in [4.69, 9.17) is 4.74 Å². The van der Waals surface area contributed by atoms with Crippen LogP contribution in [-0.2, 0) is 11.2 Å². The van der Waals surface area contributed by atoms with Crippen LogP contribution in [0.5, 0.6) is 5.75 Å². The minimum atomic E-state index is -0.0457. The summed E-state index contributed by atoms with van der Waals surface area (Å²) in [5.74, 6) is 0.677. The second kappa shape index (κ2) is 5.93. The molecule has 1 aromatic heterocycles. The summed E-state index contributed by atoms with van der Waals surface area (Å²) in [6, 6.07) is 13.4. The molecule has 0 spiro atoms. The van der Waals surface area contributed by atoms with Crippen LogP contribution < -0.4 is 10.1 Å². The van der Waals surface area contributed by atoms with E-state index >= 15 is 0 Å². The standard InChI is InChI=1S/C18H18N2O2/c1-12-5-3-8-16-13(11-19-18(12)16)9-17(21)20-14-6-4-7-15(10-14)22-2/h3-8,10-11,19H,9H2,1-2H3,(H,20,21). The van der Waals surface area contributed by atoms with Crippen LogP contribution in [0.2, 0.25) is 0 Å². The highest BCUT2D eigenvalue weighted by Crippen LogP contribution is 2.22. The fourth-order valence-corrected chi connectivity index (χ4v) is 2.59. The van der Waals surface area contributed by atoms with Crippen LogP contribution in [0.15, 0.2) is 48.7 Å². The third-order valence-electron chi connectivity index (χ3n) is 3.71. The van der Waals surface area contributed by atoms with Crippen molar-refractivity contribution in [1.82, 2.24) is 4.98 Å². The molecule has 0 saturated carbocycles. The van der Waals surface area contributed by atoms with E-state index in [0.29, 0.717) is 6.42 Å². The number of carbonyl (C=O) groups is 1. The molecule has 1 heterocycles. The minimum Gasteiger partial charge on any atom is -0.497 e. The van der Waals surface area contributed by atoms with Gasteiger partial charge in [0.25, 0.3) is 0 Å². The van der Waals surface area contributed by atoms with Gasteiger partial charge in [-0.1, -0.05) is 24.3 Å². The number of aryl methyl sites for hydroxylation is 1. The SMILES string of the molecule is COc1cccc(NC(=O)Cc2c[nH]c3c(C)cccc23)c1. The number of hydrogen-bond acceptors (Lipinski definition) is 2. The molecule has 3 aromatic rings. The molecule has 2 N–H and O–H groups in total. The first kappa shape index (κ1) is 14.2.